The zero-order chi connectivity index (χ0) is 15.0. The number of guanidine groups is 1. The normalized spacial score (nSPS) is 11.7. The molecular formula is C14H24N4O2. The molecule has 1 rings (SSSR count). The van der Waals surface area contributed by atoms with Gasteiger partial charge in [0.05, 0.1) is 6.26 Å². The largest absolute Gasteiger partial charge is 0.459 e. The van der Waals surface area contributed by atoms with Crippen molar-refractivity contribution in [1.29, 1.82) is 0 Å². The number of furan rings is 1. The molecule has 112 valence electrons. The minimum absolute atomic E-state index is 0.186. The molecule has 0 saturated heterocycles. The van der Waals surface area contributed by atoms with Crippen LogP contribution in [0.15, 0.2) is 21.7 Å². The minimum Gasteiger partial charge on any atom is -0.459 e. The van der Waals surface area contributed by atoms with Gasteiger partial charge in [0, 0.05) is 25.2 Å². The number of carbonyl (C=O) groups excluding carboxylic acids is 1. The zero-order valence-electron chi connectivity index (χ0n) is 12.4. The summed E-state index contributed by atoms with van der Waals surface area (Å²) in [4.78, 5) is 15.9. The number of aliphatic imine (C=N–C) groups is 1. The van der Waals surface area contributed by atoms with Gasteiger partial charge in [0.1, 0.15) is 0 Å². The number of nitrogens with two attached hydrogens (primary N) is 1. The standard InChI is InChI=1S/C14H24N4O2/c1-10(2)9-18-14(15)17-7-4-6-16-13(19)12-11(3)5-8-20-12/h5,8,10H,4,6-7,9H2,1-3H3,(H,16,19)(H3,15,17,18). The Morgan fingerprint density at radius 2 is 2.10 bits per heavy atom. The summed E-state index contributed by atoms with van der Waals surface area (Å²) < 4.78 is 5.11. The second-order valence-electron chi connectivity index (χ2n) is 5.09. The molecule has 20 heavy (non-hydrogen) atoms. The molecule has 0 atom stereocenters. The third kappa shape index (κ3) is 5.77. The Morgan fingerprint density at radius 3 is 2.70 bits per heavy atom. The molecule has 0 saturated carbocycles. The van der Waals surface area contributed by atoms with Crippen LogP contribution in [-0.2, 0) is 0 Å². The molecule has 0 radical (unpaired) electrons. The van der Waals surface area contributed by atoms with Crippen LogP contribution in [0, 0.1) is 12.8 Å². The Labute approximate surface area is 119 Å². The van der Waals surface area contributed by atoms with Crippen LogP contribution >= 0.6 is 0 Å². The van der Waals surface area contributed by atoms with E-state index < -0.39 is 0 Å². The van der Waals surface area contributed by atoms with Crippen molar-refractivity contribution in [3.05, 3.63) is 23.7 Å². The minimum atomic E-state index is -0.186. The Kier molecular flexibility index (Phi) is 6.63. The molecule has 6 heteroatoms. The molecule has 1 amide bonds. The number of hydrogen-bond acceptors (Lipinski definition) is 3. The second kappa shape index (κ2) is 8.24. The van der Waals surface area contributed by atoms with Gasteiger partial charge in [-0.05, 0) is 25.3 Å². The number of amides is 1. The molecule has 0 fully saturated rings. The summed E-state index contributed by atoms with van der Waals surface area (Å²) in [7, 11) is 0. The Hall–Kier alpha value is -1.98. The van der Waals surface area contributed by atoms with E-state index in [9.17, 15) is 4.79 Å². The van der Waals surface area contributed by atoms with Gasteiger partial charge in [0.2, 0.25) is 0 Å². The van der Waals surface area contributed by atoms with Crippen LogP contribution in [0.1, 0.15) is 36.4 Å². The molecule has 0 aromatic carbocycles. The van der Waals surface area contributed by atoms with Gasteiger partial charge in [0.15, 0.2) is 11.7 Å². The Bertz CT molecular complexity index is 452. The van der Waals surface area contributed by atoms with Gasteiger partial charge < -0.3 is 20.8 Å². The third-order valence-corrected chi connectivity index (χ3v) is 2.64. The number of rotatable bonds is 7. The van der Waals surface area contributed by atoms with E-state index in [0.29, 0.717) is 37.3 Å². The fraction of sp³-hybridized carbons (Fsp3) is 0.571. The van der Waals surface area contributed by atoms with Crippen LogP contribution in [0.5, 0.6) is 0 Å². The molecule has 1 aromatic heterocycles. The van der Waals surface area contributed by atoms with Crippen LogP contribution in [0.3, 0.4) is 0 Å². The lowest BCUT2D eigenvalue weighted by Crippen LogP contribution is -2.34. The van der Waals surface area contributed by atoms with Crippen LogP contribution in [0.25, 0.3) is 0 Å². The van der Waals surface area contributed by atoms with Crippen molar-refractivity contribution in [3.8, 4) is 0 Å². The van der Waals surface area contributed by atoms with Crippen LogP contribution in [-0.4, -0.2) is 31.5 Å². The van der Waals surface area contributed by atoms with Crippen molar-refractivity contribution in [2.24, 2.45) is 16.6 Å². The molecule has 0 aliphatic rings. The molecule has 0 aliphatic carbocycles. The molecule has 4 N–H and O–H groups in total. The highest BCUT2D eigenvalue weighted by Crippen LogP contribution is 2.07. The first-order chi connectivity index (χ1) is 9.50. The predicted molar refractivity (Wildman–Crippen MR) is 79.7 cm³/mol. The van der Waals surface area contributed by atoms with E-state index in [4.69, 9.17) is 10.2 Å². The van der Waals surface area contributed by atoms with E-state index in [0.717, 1.165) is 12.0 Å². The van der Waals surface area contributed by atoms with Crippen LogP contribution < -0.4 is 16.4 Å². The smallest absolute Gasteiger partial charge is 0.287 e. The van der Waals surface area contributed by atoms with Gasteiger partial charge >= 0.3 is 0 Å². The maximum atomic E-state index is 11.7. The van der Waals surface area contributed by atoms with Gasteiger partial charge in [-0.25, -0.2) is 0 Å². The quantitative estimate of drug-likeness (QED) is 0.398. The van der Waals surface area contributed by atoms with Crippen molar-refractivity contribution in [3.63, 3.8) is 0 Å². The fourth-order valence-corrected chi connectivity index (χ4v) is 1.53. The molecule has 1 aromatic rings. The number of carbonyl (C=O) groups is 1. The van der Waals surface area contributed by atoms with Gasteiger partial charge in [-0.1, -0.05) is 13.8 Å². The van der Waals surface area contributed by atoms with Crippen molar-refractivity contribution < 1.29 is 9.21 Å². The van der Waals surface area contributed by atoms with Gasteiger partial charge in [-0.3, -0.25) is 9.79 Å². The molecule has 6 nitrogen and oxygen atoms in total. The highest BCUT2D eigenvalue weighted by molar-refractivity contribution is 5.92. The average Bonchev–Trinajstić information content (AvgIpc) is 2.82. The molecule has 0 bridgehead atoms. The van der Waals surface area contributed by atoms with E-state index in [-0.39, 0.29) is 5.91 Å². The number of nitrogens with zero attached hydrogens (tertiary/aromatic N) is 1. The lowest BCUT2D eigenvalue weighted by molar-refractivity contribution is 0.0925. The van der Waals surface area contributed by atoms with E-state index in [1.807, 2.05) is 6.92 Å². The van der Waals surface area contributed by atoms with E-state index >= 15 is 0 Å². The SMILES string of the molecule is Cc1ccoc1C(=O)NCCCNC(N)=NCC(C)C. The van der Waals surface area contributed by atoms with Crippen molar-refractivity contribution in [1.82, 2.24) is 10.6 Å². The van der Waals surface area contributed by atoms with Gasteiger partial charge in [-0.2, -0.15) is 0 Å². The second-order valence-corrected chi connectivity index (χ2v) is 5.09. The number of hydrogen-bond donors (Lipinski definition) is 3. The molecule has 1 heterocycles. The highest BCUT2D eigenvalue weighted by Gasteiger charge is 2.11. The molecule has 0 spiro atoms. The fourth-order valence-electron chi connectivity index (χ4n) is 1.53. The summed E-state index contributed by atoms with van der Waals surface area (Å²) in [6, 6.07) is 1.77. The highest BCUT2D eigenvalue weighted by atomic mass is 16.3. The van der Waals surface area contributed by atoms with Crippen molar-refractivity contribution in [2.75, 3.05) is 19.6 Å². The lowest BCUT2D eigenvalue weighted by Gasteiger charge is -2.07. The summed E-state index contributed by atoms with van der Waals surface area (Å²) in [5.41, 5.74) is 6.54. The molecular weight excluding hydrogens is 256 g/mol. The summed E-state index contributed by atoms with van der Waals surface area (Å²) in [6.45, 7) is 7.96. The predicted octanol–water partition coefficient (Wildman–Crippen LogP) is 1.27. The first-order valence-electron chi connectivity index (χ1n) is 6.86. The third-order valence-electron chi connectivity index (χ3n) is 2.64. The Morgan fingerprint density at radius 1 is 1.40 bits per heavy atom. The van der Waals surface area contributed by atoms with Gasteiger partial charge in [-0.15, -0.1) is 0 Å². The summed E-state index contributed by atoms with van der Waals surface area (Å²) >= 11 is 0. The zero-order valence-corrected chi connectivity index (χ0v) is 12.4. The lowest BCUT2D eigenvalue weighted by atomic mass is 10.2. The van der Waals surface area contributed by atoms with Crippen molar-refractivity contribution >= 4 is 11.9 Å². The van der Waals surface area contributed by atoms with Crippen LogP contribution in [0.2, 0.25) is 0 Å². The van der Waals surface area contributed by atoms with Crippen molar-refractivity contribution in [2.45, 2.75) is 27.2 Å². The molecule has 0 aliphatic heterocycles. The summed E-state index contributed by atoms with van der Waals surface area (Å²) in [6.07, 6.45) is 2.28. The van der Waals surface area contributed by atoms with E-state index in [1.165, 1.54) is 6.26 Å². The summed E-state index contributed by atoms with van der Waals surface area (Å²) in [5, 5.41) is 5.81. The topological polar surface area (TPSA) is 92.7 Å². The Balaban J connectivity index is 2.15. The monoisotopic (exact) mass is 280 g/mol. The first kappa shape index (κ1) is 16.1. The maximum Gasteiger partial charge on any atom is 0.287 e. The maximum absolute atomic E-state index is 11.7. The molecule has 0 unspecified atom stereocenters. The number of aryl methyl sites for hydroxylation is 1. The van der Waals surface area contributed by atoms with Crippen LogP contribution in [0.4, 0.5) is 0 Å². The van der Waals surface area contributed by atoms with Gasteiger partial charge in [0.25, 0.3) is 5.91 Å². The average molecular weight is 280 g/mol. The van der Waals surface area contributed by atoms with E-state index in [1.54, 1.807) is 6.07 Å². The van der Waals surface area contributed by atoms with E-state index in [2.05, 4.69) is 29.5 Å². The first-order valence-corrected chi connectivity index (χ1v) is 6.86. The number of nitrogens with one attached hydrogen (secondary N) is 2. The summed E-state index contributed by atoms with van der Waals surface area (Å²) in [5.74, 6) is 1.13.